The maximum Gasteiger partial charge on any atom is 0.409 e. The molecule has 0 aliphatic heterocycles. The van der Waals surface area contributed by atoms with Crippen LogP contribution in [0.15, 0.2) is 12.3 Å². The number of carbonyl (C=O) groups excluding carboxylic acids is 1. The number of alkyl halides is 6. The molecule has 0 fully saturated rings. The molecular weight excluding hydrogens is 314 g/mol. The number of nitrogens with one attached hydrogen (secondary N) is 1. The molecule has 1 aromatic heterocycles. The fourth-order valence-electron chi connectivity index (χ4n) is 1.33. The predicted octanol–water partition coefficient (Wildman–Crippen LogP) is 3.72. The van der Waals surface area contributed by atoms with E-state index in [-0.39, 0.29) is 0 Å². The van der Waals surface area contributed by atoms with Crippen molar-refractivity contribution in [1.82, 2.24) is 4.98 Å². The van der Waals surface area contributed by atoms with Gasteiger partial charge in [-0.25, -0.2) is 4.98 Å². The van der Waals surface area contributed by atoms with Crippen LogP contribution in [0.2, 0.25) is 5.15 Å². The third kappa shape index (κ3) is 3.99. The van der Waals surface area contributed by atoms with Gasteiger partial charge in [-0.2, -0.15) is 26.3 Å². The second-order valence-electron chi connectivity index (χ2n) is 3.86. The third-order valence-corrected chi connectivity index (χ3v) is 2.45. The standard InChI is InChI=1S/C10H7ClF6N2O/c1-4-2-5(7(11)18-3-4)19-8(20)6(9(12,13)14)10(15,16)17/h2-3,6H,1H3,(H,19,20). The van der Waals surface area contributed by atoms with E-state index in [1.165, 1.54) is 18.4 Å². The van der Waals surface area contributed by atoms with Crippen molar-refractivity contribution in [3.05, 3.63) is 23.0 Å². The largest absolute Gasteiger partial charge is 0.409 e. The van der Waals surface area contributed by atoms with Gasteiger partial charge in [0, 0.05) is 6.20 Å². The minimum Gasteiger partial charge on any atom is -0.323 e. The molecule has 3 nitrogen and oxygen atoms in total. The van der Waals surface area contributed by atoms with Crippen LogP contribution >= 0.6 is 11.6 Å². The Hall–Kier alpha value is -1.51. The molecule has 10 heteroatoms. The highest BCUT2D eigenvalue weighted by molar-refractivity contribution is 6.32. The number of hydrogen-bond donors (Lipinski definition) is 1. The molecule has 0 spiro atoms. The molecule has 112 valence electrons. The summed E-state index contributed by atoms with van der Waals surface area (Å²) in [4.78, 5) is 14.7. The van der Waals surface area contributed by atoms with Crippen molar-refractivity contribution in [1.29, 1.82) is 0 Å². The van der Waals surface area contributed by atoms with Gasteiger partial charge in [-0.15, -0.1) is 0 Å². The highest BCUT2D eigenvalue weighted by Crippen LogP contribution is 2.40. The monoisotopic (exact) mass is 320 g/mol. The number of nitrogens with zero attached hydrogens (tertiary/aromatic N) is 1. The summed E-state index contributed by atoms with van der Waals surface area (Å²) < 4.78 is 73.9. The first-order valence-electron chi connectivity index (χ1n) is 4.99. The van der Waals surface area contributed by atoms with E-state index in [4.69, 9.17) is 11.6 Å². The molecular formula is C10H7ClF6N2O. The lowest BCUT2D eigenvalue weighted by molar-refractivity contribution is -0.272. The van der Waals surface area contributed by atoms with Crippen molar-refractivity contribution < 1.29 is 31.1 Å². The number of aryl methyl sites for hydroxylation is 1. The number of carbonyl (C=O) groups is 1. The predicted molar refractivity (Wildman–Crippen MR) is 58.2 cm³/mol. The van der Waals surface area contributed by atoms with Gasteiger partial charge in [0.25, 0.3) is 0 Å². The number of hydrogen-bond acceptors (Lipinski definition) is 2. The molecule has 1 amide bonds. The SMILES string of the molecule is Cc1cnc(Cl)c(NC(=O)C(C(F)(F)F)C(F)(F)F)c1. The molecule has 0 saturated heterocycles. The van der Waals surface area contributed by atoms with E-state index in [9.17, 15) is 31.1 Å². The Morgan fingerprint density at radius 3 is 2.20 bits per heavy atom. The molecule has 0 saturated carbocycles. The van der Waals surface area contributed by atoms with Crippen LogP contribution in [0, 0.1) is 12.8 Å². The van der Waals surface area contributed by atoms with E-state index in [0.29, 0.717) is 5.56 Å². The maximum atomic E-state index is 12.3. The third-order valence-electron chi connectivity index (χ3n) is 2.15. The fraction of sp³-hybridized carbons (Fsp3) is 0.400. The van der Waals surface area contributed by atoms with E-state index >= 15 is 0 Å². The lowest BCUT2D eigenvalue weighted by Crippen LogP contribution is -2.45. The Morgan fingerprint density at radius 2 is 1.75 bits per heavy atom. The van der Waals surface area contributed by atoms with Crippen molar-refractivity contribution in [3.8, 4) is 0 Å². The molecule has 1 heterocycles. The summed E-state index contributed by atoms with van der Waals surface area (Å²) in [5.74, 6) is -6.40. The quantitative estimate of drug-likeness (QED) is 0.666. The molecule has 0 radical (unpaired) electrons. The van der Waals surface area contributed by atoms with Crippen LogP contribution < -0.4 is 5.32 Å². The molecule has 0 aromatic carbocycles. The van der Waals surface area contributed by atoms with Crippen molar-refractivity contribution in [3.63, 3.8) is 0 Å². The Balaban J connectivity index is 3.07. The van der Waals surface area contributed by atoms with Gasteiger partial charge < -0.3 is 5.32 Å². The topological polar surface area (TPSA) is 42.0 Å². The average molecular weight is 321 g/mol. The first-order valence-corrected chi connectivity index (χ1v) is 5.37. The summed E-state index contributed by atoms with van der Waals surface area (Å²) in [6.45, 7) is 1.48. The Bertz CT molecular complexity index is 499. The minimum absolute atomic E-state index is 0.403. The average Bonchev–Trinajstić information content (AvgIpc) is 2.18. The van der Waals surface area contributed by atoms with Gasteiger partial charge in [-0.3, -0.25) is 4.79 Å². The van der Waals surface area contributed by atoms with Crippen LogP contribution in [0.5, 0.6) is 0 Å². The summed E-state index contributed by atoms with van der Waals surface area (Å²) in [6, 6.07) is 1.11. The van der Waals surface area contributed by atoms with E-state index in [1.807, 2.05) is 0 Å². The molecule has 0 unspecified atom stereocenters. The van der Waals surface area contributed by atoms with E-state index in [1.54, 1.807) is 0 Å². The Kier molecular flexibility index (Phi) is 4.52. The van der Waals surface area contributed by atoms with Crippen LogP contribution in [-0.2, 0) is 4.79 Å². The molecule has 0 aliphatic rings. The van der Waals surface area contributed by atoms with Gasteiger partial charge in [0.2, 0.25) is 11.8 Å². The molecule has 1 N–H and O–H groups in total. The number of anilines is 1. The first-order chi connectivity index (χ1) is 8.93. The van der Waals surface area contributed by atoms with E-state index in [2.05, 4.69) is 4.98 Å². The summed E-state index contributed by atoms with van der Waals surface area (Å²) in [5, 5.41) is 1.08. The number of pyridine rings is 1. The van der Waals surface area contributed by atoms with E-state index in [0.717, 1.165) is 6.07 Å². The van der Waals surface area contributed by atoms with Gasteiger partial charge in [0.1, 0.15) is 0 Å². The smallest absolute Gasteiger partial charge is 0.323 e. The molecule has 1 rings (SSSR count). The zero-order valence-corrected chi connectivity index (χ0v) is 10.5. The van der Waals surface area contributed by atoms with Crippen LogP contribution in [0.3, 0.4) is 0 Å². The zero-order chi connectivity index (χ0) is 15.7. The maximum absolute atomic E-state index is 12.3. The highest BCUT2D eigenvalue weighted by atomic mass is 35.5. The fourth-order valence-corrected chi connectivity index (χ4v) is 1.48. The number of amides is 1. The first kappa shape index (κ1) is 16.5. The van der Waals surface area contributed by atoms with Gasteiger partial charge in [-0.05, 0) is 18.6 Å². The number of halogens is 7. The molecule has 20 heavy (non-hydrogen) atoms. The summed E-state index contributed by atoms with van der Waals surface area (Å²) in [6.07, 6.45) is -10.3. The second-order valence-corrected chi connectivity index (χ2v) is 4.21. The Labute approximate surface area is 113 Å². The number of aromatic nitrogens is 1. The van der Waals surface area contributed by atoms with Crippen LogP contribution in [0.4, 0.5) is 32.0 Å². The van der Waals surface area contributed by atoms with Crippen LogP contribution in [-0.4, -0.2) is 23.2 Å². The normalized spacial score (nSPS) is 12.7. The van der Waals surface area contributed by atoms with Crippen LogP contribution in [0.1, 0.15) is 5.56 Å². The summed E-state index contributed by atoms with van der Waals surface area (Å²) >= 11 is 5.49. The molecule has 0 aliphatic carbocycles. The molecule has 0 atom stereocenters. The second kappa shape index (κ2) is 5.47. The van der Waals surface area contributed by atoms with Crippen molar-refractivity contribution in [2.75, 3.05) is 5.32 Å². The minimum atomic E-state index is -5.76. The highest BCUT2D eigenvalue weighted by Gasteiger charge is 2.61. The van der Waals surface area contributed by atoms with E-state index < -0.39 is 35.0 Å². The van der Waals surface area contributed by atoms with Gasteiger partial charge in [-0.1, -0.05) is 11.6 Å². The van der Waals surface area contributed by atoms with Gasteiger partial charge >= 0.3 is 12.4 Å². The molecule has 1 aromatic rings. The Morgan fingerprint density at radius 1 is 1.25 bits per heavy atom. The van der Waals surface area contributed by atoms with Crippen LogP contribution in [0.25, 0.3) is 0 Å². The summed E-state index contributed by atoms with van der Waals surface area (Å²) in [5.41, 5.74) is -0.0181. The van der Waals surface area contributed by atoms with Crippen molar-refractivity contribution in [2.24, 2.45) is 5.92 Å². The van der Waals surface area contributed by atoms with Crippen molar-refractivity contribution >= 4 is 23.2 Å². The lowest BCUT2D eigenvalue weighted by atomic mass is 10.1. The van der Waals surface area contributed by atoms with Crippen molar-refractivity contribution in [2.45, 2.75) is 19.3 Å². The van der Waals surface area contributed by atoms with Gasteiger partial charge in [0.15, 0.2) is 5.15 Å². The molecule has 0 bridgehead atoms. The summed E-state index contributed by atoms with van der Waals surface area (Å²) in [7, 11) is 0. The zero-order valence-electron chi connectivity index (χ0n) is 9.73. The number of rotatable bonds is 2. The lowest BCUT2D eigenvalue weighted by Gasteiger charge is -2.22. The van der Waals surface area contributed by atoms with Gasteiger partial charge in [0.05, 0.1) is 5.69 Å².